The maximum atomic E-state index is 6.65. The Kier molecular flexibility index (Phi) is 7.09. The van der Waals surface area contributed by atoms with Crippen LogP contribution in [0.5, 0.6) is 0 Å². The summed E-state index contributed by atoms with van der Waals surface area (Å²) in [5.41, 5.74) is 0.0924. The van der Waals surface area contributed by atoms with Crippen LogP contribution in [0.25, 0.3) is 0 Å². The largest absolute Gasteiger partial charge is 0.378 e. The number of hydrogen-bond acceptors (Lipinski definition) is 5. The first-order valence-electron chi connectivity index (χ1n) is 12.6. The van der Waals surface area contributed by atoms with Crippen LogP contribution in [0.2, 0.25) is 0 Å². The molecule has 5 fully saturated rings. The molecular weight excluding hydrogens is 382 g/mol. The van der Waals surface area contributed by atoms with Gasteiger partial charge < -0.3 is 14.2 Å². The molecule has 0 aromatic rings. The van der Waals surface area contributed by atoms with Crippen molar-refractivity contribution < 1.29 is 14.2 Å². The van der Waals surface area contributed by atoms with Gasteiger partial charge in [0.15, 0.2) is 0 Å². The van der Waals surface area contributed by atoms with Gasteiger partial charge in [0.1, 0.15) is 6.23 Å². The minimum absolute atomic E-state index is 0.0924. The van der Waals surface area contributed by atoms with Crippen molar-refractivity contribution in [1.82, 2.24) is 4.90 Å². The van der Waals surface area contributed by atoms with Gasteiger partial charge in [-0.15, -0.1) is 0 Å². The third kappa shape index (κ3) is 4.04. The van der Waals surface area contributed by atoms with Gasteiger partial charge in [-0.25, -0.2) is 0 Å². The highest BCUT2D eigenvalue weighted by atomic mass is 32.2. The predicted molar refractivity (Wildman–Crippen MR) is 118 cm³/mol. The number of ether oxygens (including phenoxy) is 3. The molecule has 0 N–H and O–H groups in total. The molecule has 0 aromatic heterocycles. The molecule has 0 radical (unpaired) electrons. The average Bonchev–Trinajstić information content (AvgIpc) is 3.25. The molecule has 5 rings (SSSR count). The molecule has 0 aromatic carbocycles. The Balaban J connectivity index is 1.59. The molecule has 5 heteroatoms. The molecule has 5 aliphatic rings. The van der Waals surface area contributed by atoms with Crippen molar-refractivity contribution in [2.45, 2.75) is 113 Å². The fourth-order valence-electron chi connectivity index (χ4n) is 6.99. The van der Waals surface area contributed by atoms with E-state index in [9.17, 15) is 0 Å². The van der Waals surface area contributed by atoms with Crippen LogP contribution in [-0.2, 0) is 14.2 Å². The average molecular weight is 424 g/mol. The van der Waals surface area contributed by atoms with Crippen molar-refractivity contribution >= 4 is 11.8 Å². The highest BCUT2D eigenvalue weighted by Gasteiger charge is 2.60. The molecule has 0 amide bonds. The molecule has 4 nitrogen and oxygen atoms in total. The van der Waals surface area contributed by atoms with E-state index in [0.29, 0.717) is 29.6 Å². The van der Waals surface area contributed by atoms with E-state index < -0.39 is 0 Å². The number of rotatable bonds is 4. The van der Waals surface area contributed by atoms with Crippen LogP contribution < -0.4 is 0 Å². The minimum Gasteiger partial charge on any atom is -0.378 e. The normalized spacial score (nSPS) is 45.3. The van der Waals surface area contributed by atoms with Gasteiger partial charge in [-0.3, -0.25) is 4.90 Å². The van der Waals surface area contributed by atoms with Crippen LogP contribution in [0.4, 0.5) is 0 Å². The van der Waals surface area contributed by atoms with E-state index in [0.717, 1.165) is 19.8 Å². The second-order valence-electron chi connectivity index (χ2n) is 9.91. The van der Waals surface area contributed by atoms with Crippen molar-refractivity contribution in [2.24, 2.45) is 5.92 Å². The first-order valence-corrected chi connectivity index (χ1v) is 13.7. The van der Waals surface area contributed by atoms with E-state index in [1.54, 1.807) is 0 Å². The van der Waals surface area contributed by atoms with Gasteiger partial charge >= 0.3 is 0 Å². The van der Waals surface area contributed by atoms with Crippen LogP contribution in [0.3, 0.4) is 0 Å². The highest BCUT2D eigenvalue weighted by Crippen LogP contribution is 2.52. The van der Waals surface area contributed by atoms with Gasteiger partial charge in [0, 0.05) is 37.3 Å². The van der Waals surface area contributed by atoms with Gasteiger partial charge in [-0.05, 0) is 63.5 Å². The molecule has 5 heterocycles. The van der Waals surface area contributed by atoms with E-state index in [4.69, 9.17) is 14.2 Å². The van der Waals surface area contributed by atoms with E-state index >= 15 is 0 Å². The summed E-state index contributed by atoms with van der Waals surface area (Å²) in [5.74, 6) is 1.91. The summed E-state index contributed by atoms with van der Waals surface area (Å²) in [6.45, 7) is 4.03. The maximum Gasteiger partial charge on any atom is 0.113 e. The predicted octanol–water partition coefficient (Wildman–Crippen LogP) is 5.00. The topological polar surface area (TPSA) is 30.9 Å². The number of hydrogen-bond donors (Lipinski definition) is 0. The second kappa shape index (κ2) is 9.77. The lowest BCUT2D eigenvalue weighted by atomic mass is 9.66. The summed E-state index contributed by atoms with van der Waals surface area (Å²) in [5, 5.41) is 0.664. The smallest absolute Gasteiger partial charge is 0.113 e. The summed E-state index contributed by atoms with van der Waals surface area (Å²) >= 11 is 2.26. The molecular formula is C24H41NO3S. The van der Waals surface area contributed by atoms with Gasteiger partial charge in [0.05, 0.1) is 24.4 Å². The van der Waals surface area contributed by atoms with E-state index in [1.165, 1.54) is 95.8 Å². The van der Waals surface area contributed by atoms with Gasteiger partial charge in [0.25, 0.3) is 0 Å². The zero-order chi connectivity index (χ0) is 19.5. The van der Waals surface area contributed by atoms with Crippen molar-refractivity contribution in [3.63, 3.8) is 0 Å². The zero-order valence-corrected chi connectivity index (χ0v) is 19.0. The monoisotopic (exact) mass is 423 g/mol. The van der Waals surface area contributed by atoms with Crippen LogP contribution in [-0.4, -0.2) is 66.2 Å². The summed E-state index contributed by atoms with van der Waals surface area (Å²) in [7, 11) is 0. The zero-order valence-electron chi connectivity index (χ0n) is 18.2. The minimum atomic E-state index is 0.0924. The second-order valence-corrected chi connectivity index (χ2v) is 11.2. The lowest BCUT2D eigenvalue weighted by Crippen LogP contribution is -2.73. The van der Waals surface area contributed by atoms with Crippen LogP contribution in [0, 0.1) is 5.92 Å². The molecule has 0 aliphatic carbocycles. The Morgan fingerprint density at radius 1 is 0.690 bits per heavy atom. The van der Waals surface area contributed by atoms with E-state index in [1.807, 2.05) is 0 Å². The lowest BCUT2D eigenvalue weighted by molar-refractivity contribution is -0.230. The third-order valence-corrected chi connectivity index (χ3v) is 9.87. The summed E-state index contributed by atoms with van der Waals surface area (Å²) in [6.07, 6.45) is 18.0. The van der Waals surface area contributed by atoms with E-state index in [-0.39, 0.29) is 5.54 Å². The Morgan fingerprint density at radius 3 is 2.24 bits per heavy atom. The highest BCUT2D eigenvalue weighted by molar-refractivity contribution is 8.00. The van der Waals surface area contributed by atoms with Crippen LogP contribution in [0.15, 0.2) is 0 Å². The quantitative estimate of drug-likeness (QED) is 0.635. The van der Waals surface area contributed by atoms with Crippen molar-refractivity contribution in [1.29, 1.82) is 0 Å². The first kappa shape index (κ1) is 21.1. The molecule has 29 heavy (non-hydrogen) atoms. The fraction of sp³-hybridized carbons (Fsp3) is 1.00. The first-order chi connectivity index (χ1) is 14.4. The number of nitrogens with zero attached hydrogens (tertiary/aromatic N) is 1. The molecule has 6 unspecified atom stereocenters. The maximum absolute atomic E-state index is 6.65. The summed E-state index contributed by atoms with van der Waals surface area (Å²) in [6, 6.07) is 0. The van der Waals surface area contributed by atoms with Gasteiger partial charge in [-0.2, -0.15) is 11.8 Å². The molecule has 0 bridgehead atoms. The lowest BCUT2D eigenvalue weighted by Gasteiger charge is -2.61. The number of likely N-dealkylation sites (tertiary alicyclic amines) is 1. The Bertz CT molecular complexity index is 512. The molecule has 0 spiro atoms. The summed E-state index contributed by atoms with van der Waals surface area (Å²) in [4.78, 5) is 2.87. The standard InChI is InChI=1S/C24H41NO3S/c1-2-9-19(20-10-3-6-15-26-20)24(21-11-8-16-27-21,22-12-4-7-18-29-22)25(14-5-1)23-13-17-28-23/h19-23H,1-18H2. The van der Waals surface area contributed by atoms with Crippen molar-refractivity contribution in [3.05, 3.63) is 0 Å². The molecule has 5 aliphatic heterocycles. The Labute approximate surface area is 181 Å². The van der Waals surface area contributed by atoms with Crippen LogP contribution >= 0.6 is 11.8 Å². The Morgan fingerprint density at radius 2 is 1.55 bits per heavy atom. The van der Waals surface area contributed by atoms with Gasteiger partial charge in [-0.1, -0.05) is 19.3 Å². The van der Waals surface area contributed by atoms with Crippen molar-refractivity contribution in [2.75, 3.05) is 32.1 Å². The Hall–Kier alpha value is 0.190. The van der Waals surface area contributed by atoms with Gasteiger partial charge in [0.2, 0.25) is 0 Å². The molecule has 5 saturated heterocycles. The van der Waals surface area contributed by atoms with Crippen molar-refractivity contribution in [3.8, 4) is 0 Å². The molecule has 166 valence electrons. The third-order valence-electron chi connectivity index (χ3n) is 8.33. The fourth-order valence-corrected chi connectivity index (χ4v) is 8.71. The molecule has 0 saturated carbocycles. The number of thioether (sulfide) groups is 1. The van der Waals surface area contributed by atoms with Crippen LogP contribution in [0.1, 0.15) is 83.5 Å². The summed E-state index contributed by atoms with van der Waals surface area (Å²) < 4.78 is 19.4. The van der Waals surface area contributed by atoms with E-state index in [2.05, 4.69) is 16.7 Å². The molecule has 6 atom stereocenters. The SMILES string of the molecule is C1CCC(C2CCCCO2)C(C2CCCO2)(C2CCCCS2)N(C2CCO2)CC1.